The molecule has 2 amide bonds. The van der Waals surface area contributed by atoms with Gasteiger partial charge in [0.15, 0.2) is 0 Å². The van der Waals surface area contributed by atoms with Gasteiger partial charge in [-0.2, -0.15) is 0 Å². The minimum absolute atomic E-state index is 0.0685. The van der Waals surface area contributed by atoms with Gasteiger partial charge in [0.25, 0.3) is 0 Å². The van der Waals surface area contributed by atoms with Crippen LogP contribution in [0.3, 0.4) is 0 Å². The highest BCUT2D eigenvalue weighted by molar-refractivity contribution is 5.88. The third-order valence-electron chi connectivity index (χ3n) is 2.13. The lowest BCUT2D eigenvalue weighted by Gasteiger charge is -2.19. The number of likely N-dealkylation sites (N-methyl/N-ethyl adjacent to an activating group) is 1. The average Bonchev–Trinajstić information content (AvgIpc) is 2.22. The summed E-state index contributed by atoms with van der Waals surface area (Å²) in [6, 6.07) is 0. The van der Waals surface area contributed by atoms with Crippen molar-refractivity contribution in [3.8, 4) is 0 Å². The quantitative estimate of drug-likeness (QED) is 0.782. The highest BCUT2D eigenvalue weighted by Gasteiger charge is 2.15. The Labute approximate surface area is 109 Å². The number of hydrogen-bond donors (Lipinski definition) is 1. The number of carbonyl (C=O) groups is 2. The minimum atomic E-state index is -0.514. The van der Waals surface area contributed by atoms with E-state index in [1.807, 2.05) is 6.92 Å². The normalized spacial score (nSPS) is 12.0. The van der Waals surface area contributed by atoms with Gasteiger partial charge < -0.3 is 15.0 Å². The van der Waals surface area contributed by atoms with Crippen molar-refractivity contribution < 1.29 is 14.3 Å². The van der Waals surface area contributed by atoms with Crippen molar-refractivity contribution >= 4 is 12.0 Å². The molecule has 0 aromatic rings. The molecule has 1 N–H and O–H groups in total. The van der Waals surface area contributed by atoms with Crippen LogP contribution in [0.2, 0.25) is 0 Å². The summed E-state index contributed by atoms with van der Waals surface area (Å²) in [5.74, 6) is -0.0685. The Morgan fingerprint density at radius 2 is 1.89 bits per heavy atom. The van der Waals surface area contributed by atoms with Crippen molar-refractivity contribution in [2.45, 2.75) is 40.2 Å². The Hall–Kier alpha value is -1.52. The zero-order chi connectivity index (χ0) is 14.3. The molecule has 5 heteroatoms. The highest BCUT2D eigenvalue weighted by Crippen LogP contribution is 2.06. The second-order valence-electron chi connectivity index (χ2n) is 5.20. The van der Waals surface area contributed by atoms with E-state index >= 15 is 0 Å². The van der Waals surface area contributed by atoms with Gasteiger partial charge in [-0.25, -0.2) is 4.79 Å². The molecule has 18 heavy (non-hydrogen) atoms. The molecule has 0 aromatic carbocycles. The van der Waals surface area contributed by atoms with Gasteiger partial charge in [0, 0.05) is 26.2 Å². The largest absolute Gasteiger partial charge is 0.444 e. The standard InChI is InChI=1S/C13H24N2O3/c1-7-15(6)11(16)8-10(2)9-14-12(17)18-13(3,4)5/h8H,7,9H2,1-6H3,(H,14,17)/b10-8+. The molecular weight excluding hydrogens is 232 g/mol. The predicted octanol–water partition coefficient (Wildman–Crippen LogP) is 1.94. The smallest absolute Gasteiger partial charge is 0.407 e. The lowest BCUT2D eigenvalue weighted by molar-refractivity contribution is -0.124. The molecular formula is C13H24N2O3. The third kappa shape index (κ3) is 7.70. The maximum atomic E-state index is 11.6. The van der Waals surface area contributed by atoms with Crippen LogP contribution in [0.25, 0.3) is 0 Å². The fourth-order valence-electron chi connectivity index (χ4n) is 1.05. The lowest BCUT2D eigenvalue weighted by atomic mass is 10.2. The zero-order valence-corrected chi connectivity index (χ0v) is 12.2. The molecule has 0 aliphatic heterocycles. The van der Waals surface area contributed by atoms with E-state index in [2.05, 4.69) is 5.32 Å². The lowest BCUT2D eigenvalue weighted by Crippen LogP contribution is -2.33. The number of alkyl carbamates (subject to hydrolysis) is 1. The minimum Gasteiger partial charge on any atom is -0.444 e. The SMILES string of the molecule is CCN(C)C(=O)/C=C(\C)CNC(=O)OC(C)(C)C. The van der Waals surface area contributed by atoms with E-state index in [-0.39, 0.29) is 5.91 Å². The molecule has 0 radical (unpaired) electrons. The molecule has 0 saturated carbocycles. The zero-order valence-electron chi connectivity index (χ0n) is 12.2. The number of ether oxygens (including phenoxy) is 1. The maximum absolute atomic E-state index is 11.6. The van der Waals surface area contributed by atoms with Gasteiger partial charge in [-0.1, -0.05) is 0 Å². The van der Waals surface area contributed by atoms with Gasteiger partial charge in [0.2, 0.25) is 5.91 Å². The molecule has 0 unspecified atom stereocenters. The van der Waals surface area contributed by atoms with E-state index in [4.69, 9.17) is 4.74 Å². The van der Waals surface area contributed by atoms with Crippen LogP contribution in [-0.4, -0.2) is 42.6 Å². The molecule has 0 aliphatic carbocycles. The van der Waals surface area contributed by atoms with Crippen LogP contribution in [0.1, 0.15) is 34.6 Å². The Morgan fingerprint density at radius 1 is 1.33 bits per heavy atom. The predicted molar refractivity (Wildman–Crippen MR) is 71.3 cm³/mol. The molecule has 0 bridgehead atoms. The summed E-state index contributed by atoms with van der Waals surface area (Å²) < 4.78 is 5.09. The van der Waals surface area contributed by atoms with Crippen molar-refractivity contribution in [3.63, 3.8) is 0 Å². The van der Waals surface area contributed by atoms with Crippen LogP contribution in [0.4, 0.5) is 4.79 Å². The molecule has 0 saturated heterocycles. The Kier molecular flexibility index (Phi) is 6.44. The summed E-state index contributed by atoms with van der Waals surface area (Å²) in [4.78, 5) is 24.5. The monoisotopic (exact) mass is 256 g/mol. The van der Waals surface area contributed by atoms with E-state index < -0.39 is 11.7 Å². The molecule has 104 valence electrons. The van der Waals surface area contributed by atoms with Crippen molar-refractivity contribution in [2.75, 3.05) is 20.1 Å². The van der Waals surface area contributed by atoms with Gasteiger partial charge in [-0.05, 0) is 40.2 Å². The van der Waals surface area contributed by atoms with Crippen molar-refractivity contribution in [1.82, 2.24) is 10.2 Å². The van der Waals surface area contributed by atoms with E-state index in [1.54, 1.807) is 39.6 Å². The second kappa shape index (κ2) is 7.03. The van der Waals surface area contributed by atoms with Gasteiger partial charge in [0.05, 0.1) is 0 Å². The molecule has 0 fully saturated rings. The molecule has 0 spiro atoms. The average molecular weight is 256 g/mol. The van der Waals surface area contributed by atoms with Crippen LogP contribution in [-0.2, 0) is 9.53 Å². The van der Waals surface area contributed by atoms with E-state index in [9.17, 15) is 9.59 Å². The fraction of sp³-hybridized carbons (Fsp3) is 0.692. The first-order valence-electron chi connectivity index (χ1n) is 6.05. The first-order chi connectivity index (χ1) is 8.15. The Balaban J connectivity index is 4.18. The van der Waals surface area contributed by atoms with Crippen LogP contribution < -0.4 is 5.32 Å². The van der Waals surface area contributed by atoms with Gasteiger partial charge in [0.1, 0.15) is 5.60 Å². The number of carbonyl (C=O) groups excluding carboxylic acids is 2. The number of nitrogens with zero attached hydrogens (tertiary/aromatic N) is 1. The van der Waals surface area contributed by atoms with E-state index in [0.717, 1.165) is 5.57 Å². The topological polar surface area (TPSA) is 58.6 Å². The number of hydrogen-bond acceptors (Lipinski definition) is 3. The first-order valence-corrected chi connectivity index (χ1v) is 6.05. The van der Waals surface area contributed by atoms with Crippen LogP contribution in [0, 0.1) is 0 Å². The highest BCUT2D eigenvalue weighted by atomic mass is 16.6. The Morgan fingerprint density at radius 3 is 2.33 bits per heavy atom. The molecule has 5 nitrogen and oxygen atoms in total. The van der Waals surface area contributed by atoms with Gasteiger partial charge >= 0.3 is 6.09 Å². The van der Waals surface area contributed by atoms with Crippen molar-refractivity contribution in [1.29, 1.82) is 0 Å². The molecule has 0 heterocycles. The third-order valence-corrected chi connectivity index (χ3v) is 2.13. The molecule has 0 aliphatic rings. The number of amides is 2. The molecule has 0 aromatic heterocycles. The van der Waals surface area contributed by atoms with Crippen molar-refractivity contribution in [3.05, 3.63) is 11.6 Å². The number of rotatable bonds is 4. The van der Waals surface area contributed by atoms with Crippen LogP contribution in [0.5, 0.6) is 0 Å². The summed E-state index contributed by atoms with van der Waals surface area (Å²) in [5, 5.41) is 2.60. The summed E-state index contributed by atoms with van der Waals surface area (Å²) in [7, 11) is 1.73. The molecule has 0 atom stereocenters. The van der Waals surface area contributed by atoms with Crippen molar-refractivity contribution in [2.24, 2.45) is 0 Å². The fourth-order valence-corrected chi connectivity index (χ4v) is 1.05. The van der Waals surface area contributed by atoms with E-state index in [0.29, 0.717) is 13.1 Å². The summed E-state index contributed by atoms with van der Waals surface area (Å²) in [6.45, 7) is 10.1. The summed E-state index contributed by atoms with van der Waals surface area (Å²) in [6.07, 6.45) is 1.03. The maximum Gasteiger partial charge on any atom is 0.407 e. The molecule has 0 rings (SSSR count). The van der Waals surface area contributed by atoms with Crippen LogP contribution >= 0.6 is 0 Å². The van der Waals surface area contributed by atoms with Gasteiger partial charge in [-0.3, -0.25) is 4.79 Å². The summed E-state index contributed by atoms with van der Waals surface area (Å²) >= 11 is 0. The Bertz CT molecular complexity index is 330. The van der Waals surface area contributed by atoms with Gasteiger partial charge in [-0.15, -0.1) is 0 Å². The first kappa shape index (κ1) is 16.5. The van der Waals surface area contributed by atoms with Crippen LogP contribution in [0.15, 0.2) is 11.6 Å². The number of nitrogens with one attached hydrogen (secondary N) is 1. The second-order valence-corrected chi connectivity index (χ2v) is 5.20. The van der Waals surface area contributed by atoms with E-state index in [1.165, 1.54) is 6.08 Å². The summed E-state index contributed by atoms with van der Waals surface area (Å²) in [5.41, 5.74) is 0.270.